The van der Waals surface area contributed by atoms with E-state index in [2.05, 4.69) is 4.74 Å². The van der Waals surface area contributed by atoms with E-state index in [1.54, 1.807) is 17.8 Å². The lowest BCUT2D eigenvalue weighted by Gasteiger charge is -2.21. The monoisotopic (exact) mass is 223 g/mol. The molecule has 3 nitrogen and oxygen atoms in total. The van der Waals surface area contributed by atoms with Crippen LogP contribution in [-0.2, 0) is 4.74 Å². The van der Waals surface area contributed by atoms with Gasteiger partial charge in [-0.05, 0) is 29.9 Å². The van der Waals surface area contributed by atoms with Crippen molar-refractivity contribution >= 4 is 17.7 Å². The number of carbonyl (C=O) groups excluding carboxylic acids is 1. The second-order valence-electron chi connectivity index (χ2n) is 3.49. The topological polar surface area (TPSA) is 52.3 Å². The number of hydrogen-bond acceptors (Lipinski definition) is 4. The molecule has 1 atom stereocenters. The molecule has 80 valence electrons. The minimum Gasteiger partial charge on any atom is -0.465 e. The van der Waals surface area contributed by atoms with Gasteiger partial charge in [-0.2, -0.15) is 0 Å². The summed E-state index contributed by atoms with van der Waals surface area (Å²) in [5.41, 5.74) is 7.71. The number of carbonyl (C=O) groups is 1. The van der Waals surface area contributed by atoms with Crippen LogP contribution >= 0.6 is 11.8 Å². The number of nitrogens with two attached hydrogens (primary N) is 1. The van der Waals surface area contributed by atoms with E-state index < -0.39 is 0 Å². The number of esters is 1. The van der Waals surface area contributed by atoms with Gasteiger partial charge in [0.15, 0.2) is 0 Å². The van der Waals surface area contributed by atoms with Gasteiger partial charge in [0.2, 0.25) is 0 Å². The number of hydrogen-bond donors (Lipinski definition) is 1. The average Bonchev–Trinajstić information content (AvgIpc) is 2.28. The highest BCUT2D eigenvalue weighted by molar-refractivity contribution is 7.99. The fourth-order valence-electron chi connectivity index (χ4n) is 1.66. The van der Waals surface area contributed by atoms with E-state index in [9.17, 15) is 4.79 Å². The lowest BCUT2D eigenvalue weighted by atomic mass is 10.0. The zero-order chi connectivity index (χ0) is 10.8. The Balaban J connectivity index is 2.37. The van der Waals surface area contributed by atoms with Crippen LogP contribution in [-0.4, -0.2) is 18.8 Å². The van der Waals surface area contributed by atoms with E-state index in [4.69, 9.17) is 5.73 Å². The molecule has 0 saturated heterocycles. The Kier molecular flexibility index (Phi) is 2.98. The van der Waals surface area contributed by atoms with E-state index >= 15 is 0 Å². The summed E-state index contributed by atoms with van der Waals surface area (Å²) in [7, 11) is 1.39. The first kappa shape index (κ1) is 10.5. The van der Waals surface area contributed by atoms with Crippen molar-refractivity contribution in [2.45, 2.75) is 17.4 Å². The van der Waals surface area contributed by atoms with E-state index in [0.29, 0.717) is 5.56 Å². The van der Waals surface area contributed by atoms with Crippen molar-refractivity contribution in [1.82, 2.24) is 0 Å². The van der Waals surface area contributed by atoms with Crippen LogP contribution in [0, 0.1) is 0 Å². The van der Waals surface area contributed by atoms with Crippen molar-refractivity contribution in [3.05, 3.63) is 29.3 Å². The Morgan fingerprint density at radius 2 is 2.40 bits per heavy atom. The average molecular weight is 223 g/mol. The quantitative estimate of drug-likeness (QED) is 0.739. The summed E-state index contributed by atoms with van der Waals surface area (Å²) < 4.78 is 4.67. The molecule has 0 unspecified atom stereocenters. The standard InChI is InChI=1S/C11H13NO2S/c1-14-11(13)7-2-3-8-9(12)4-5-15-10(8)6-7/h2-3,6,9H,4-5,12H2,1H3/t9-/m0/s1. The summed E-state index contributed by atoms with van der Waals surface area (Å²) >= 11 is 1.75. The number of fused-ring (bicyclic) bond motifs is 1. The third kappa shape index (κ3) is 2.01. The Morgan fingerprint density at radius 3 is 3.13 bits per heavy atom. The lowest BCUT2D eigenvalue weighted by molar-refractivity contribution is 0.0600. The highest BCUT2D eigenvalue weighted by Gasteiger charge is 2.18. The van der Waals surface area contributed by atoms with Crippen molar-refractivity contribution in [1.29, 1.82) is 0 Å². The molecule has 2 N–H and O–H groups in total. The molecule has 15 heavy (non-hydrogen) atoms. The molecule has 1 aromatic rings. The third-order valence-corrected chi connectivity index (χ3v) is 3.62. The van der Waals surface area contributed by atoms with Crippen LogP contribution in [0.4, 0.5) is 0 Å². The summed E-state index contributed by atoms with van der Waals surface area (Å²) in [4.78, 5) is 12.4. The molecule has 0 spiro atoms. The van der Waals surface area contributed by atoms with Crippen LogP contribution in [0.25, 0.3) is 0 Å². The second kappa shape index (κ2) is 4.24. The Bertz CT molecular complexity index is 392. The van der Waals surface area contributed by atoms with Crippen molar-refractivity contribution in [2.24, 2.45) is 5.73 Å². The zero-order valence-corrected chi connectivity index (χ0v) is 9.34. The normalized spacial score (nSPS) is 19.5. The molecular formula is C11H13NO2S. The number of thioether (sulfide) groups is 1. The van der Waals surface area contributed by atoms with E-state index in [0.717, 1.165) is 22.6 Å². The maximum atomic E-state index is 11.3. The number of benzene rings is 1. The van der Waals surface area contributed by atoms with E-state index in [1.807, 2.05) is 12.1 Å². The minimum atomic E-state index is -0.294. The highest BCUT2D eigenvalue weighted by atomic mass is 32.2. The molecule has 1 heterocycles. The summed E-state index contributed by atoms with van der Waals surface area (Å²) in [6.45, 7) is 0. The number of rotatable bonds is 1. The van der Waals surface area contributed by atoms with E-state index in [-0.39, 0.29) is 12.0 Å². The molecule has 0 aromatic heterocycles. The van der Waals surface area contributed by atoms with Crippen LogP contribution in [0.15, 0.2) is 23.1 Å². The molecule has 0 fully saturated rings. The zero-order valence-electron chi connectivity index (χ0n) is 8.53. The highest BCUT2D eigenvalue weighted by Crippen LogP contribution is 2.35. The van der Waals surface area contributed by atoms with Gasteiger partial charge in [0.05, 0.1) is 12.7 Å². The summed E-state index contributed by atoms with van der Waals surface area (Å²) in [5.74, 6) is 0.719. The Hall–Kier alpha value is -1.00. The van der Waals surface area contributed by atoms with Crippen LogP contribution in [0.5, 0.6) is 0 Å². The molecule has 2 rings (SSSR count). The third-order valence-electron chi connectivity index (χ3n) is 2.52. The second-order valence-corrected chi connectivity index (χ2v) is 4.62. The smallest absolute Gasteiger partial charge is 0.337 e. The van der Waals surface area contributed by atoms with Gasteiger partial charge in [-0.1, -0.05) is 6.07 Å². The van der Waals surface area contributed by atoms with Crippen molar-refractivity contribution in [3.63, 3.8) is 0 Å². The van der Waals surface area contributed by atoms with E-state index in [1.165, 1.54) is 7.11 Å². The van der Waals surface area contributed by atoms with Crippen molar-refractivity contribution < 1.29 is 9.53 Å². The molecule has 0 bridgehead atoms. The molecule has 1 aliphatic heterocycles. The predicted octanol–water partition coefficient (Wildman–Crippen LogP) is 1.97. The Morgan fingerprint density at radius 1 is 1.60 bits per heavy atom. The van der Waals surface area contributed by atoms with Gasteiger partial charge in [-0.25, -0.2) is 4.79 Å². The molecule has 4 heteroatoms. The van der Waals surface area contributed by atoms with Crippen LogP contribution in [0.1, 0.15) is 28.4 Å². The molecule has 0 amide bonds. The fraction of sp³-hybridized carbons (Fsp3) is 0.364. The predicted molar refractivity (Wildman–Crippen MR) is 60.1 cm³/mol. The van der Waals surface area contributed by atoms with Crippen molar-refractivity contribution in [3.8, 4) is 0 Å². The maximum absolute atomic E-state index is 11.3. The first-order valence-electron chi connectivity index (χ1n) is 4.83. The Labute approximate surface area is 93.0 Å². The molecule has 1 aromatic carbocycles. The largest absolute Gasteiger partial charge is 0.465 e. The first-order valence-corrected chi connectivity index (χ1v) is 5.81. The van der Waals surface area contributed by atoms with Gasteiger partial charge in [0.1, 0.15) is 0 Å². The van der Waals surface area contributed by atoms with Crippen LogP contribution < -0.4 is 5.73 Å². The van der Waals surface area contributed by atoms with Crippen molar-refractivity contribution in [2.75, 3.05) is 12.9 Å². The molecule has 0 radical (unpaired) electrons. The SMILES string of the molecule is COC(=O)c1ccc2c(c1)SCC[C@@H]2N. The molecular weight excluding hydrogens is 210 g/mol. The summed E-state index contributed by atoms with van der Waals surface area (Å²) in [6, 6.07) is 5.67. The van der Waals surface area contributed by atoms with Gasteiger partial charge in [-0.15, -0.1) is 11.8 Å². The maximum Gasteiger partial charge on any atom is 0.337 e. The van der Waals surface area contributed by atoms with Gasteiger partial charge in [0.25, 0.3) is 0 Å². The van der Waals surface area contributed by atoms with Crippen LogP contribution in [0.2, 0.25) is 0 Å². The fourth-order valence-corrected chi connectivity index (χ4v) is 2.85. The minimum absolute atomic E-state index is 0.105. The lowest BCUT2D eigenvalue weighted by Crippen LogP contribution is -2.16. The summed E-state index contributed by atoms with van der Waals surface area (Å²) in [5, 5.41) is 0. The molecule has 0 aliphatic carbocycles. The first-order chi connectivity index (χ1) is 7.22. The number of methoxy groups -OCH3 is 1. The van der Waals surface area contributed by atoms with Gasteiger partial charge in [0, 0.05) is 10.9 Å². The van der Waals surface area contributed by atoms with Gasteiger partial charge >= 0.3 is 5.97 Å². The van der Waals surface area contributed by atoms with Crippen LogP contribution in [0.3, 0.4) is 0 Å². The van der Waals surface area contributed by atoms with Gasteiger partial charge < -0.3 is 10.5 Å². The number of ether oxygens (including phenoxy) is 1. The molecule has 0 saturated carbocycles. The molecule has 1 aliphatic rings. The summed E-state index contributed by atoms with van der Waals surface area (Å²) in [6.07, 6.45) is 0.995. The van der Waals surface area contributed by atoms with Gasteiger partial charge in [-0.3, -0.25) is 0 Å².